The number of para-hydroxylation sites is 2. The van der Waals surface area contributed by atoms with Crippen LogP contribution in [0.5, 0.6) is 5.75 Å². The molecule has 1 aliphatic heterocycles. The molecule has 0 N–H and O–H groups in total. The third kappa shape index (κ3) is 5.18. The van der Waals surface area contributed by atoms with E-state index in [0.29, 0.717) is 0 Å². The third-order valence-electron chi connectivity index (χ3n) is 5.79. The highest BCUT2D eigenvalue weighted by Gasteiger charge is 2.15. The van der Waals surface area contributed by atoms with Crippen LogP contribution in [0.25, 0.3) is 11.0 Å². The molecule has 0 bridgehead atoms. The molecule has 154 valence electrons. The number of aromatic nitrogens is 2. The van der Waals surface area contributed by atoms with Crippen LogP contribution in [-0.2, 0) is 13.1 Å². The van der Waals surface area contributed by atoms with Gasteiger partial charge in [-0.15, -0.1) is 0 Å². The zero-order chi connectivity index (χ0) is 20.1. The van der Waals surface area contributed by atoms with E-state index in [9.17, 15) is 0 Å². The Labute approximate surface area is 174 Å². The van der Waals surface area contributed by atoms with Gasteiger partial charge in [-0.2, -0.15) is 0 Å². The average Bonchev–Trinajstić information content (AvgIpc) is 2.85. The predicted octanol–water partition coefficient (Wildman–Crippen LogP) is 5.50. The summed E-state index contributed by atoms with van der Waals surface area (Å²) in [5.41, 5.74) is 4.84. The number of fused-ring (bicyclic) bond motifs is 1. The normalized spacial score (nSPS) is 15.5. The summed E-state index contributed by atoms with van der Waals surface area (Å²) in [7, 11) is 0. The molecule has 1 aliphatic rings. The van der Waals surface area contributed by atoms with Gasteiger partial charge in [-0.1, -0.05) is 31.0 Å². The van der Waals surface area contributed by atoms with E-state index in [4.69, 9.17) is 9.72 Å². The molecule has 2 aromatic carbocycles. The lowest BCUT2D eigenvalue weighted by Gasteiger charge is -2.20. The minimum Gasteiger partial charge on any atom is -0.494 e. The molecule has 0 atom stereocenters. The third-order valence-corrected chi connectivity index (χ3v) is 5.79. The lowest BCUT2D eigenvalue weighted by molar-refractivity contribution is 0.263. The Bertz CT molecular complexity index is 918. The Balaban J connectivity index is 1.43. The standard InChI is InChI=1S/C25H33N3O/c1-20-16-21(2)18-22(17-20)29-15-9-14-28-24-11-6-5-10-23(24)26-25(28)19-27-12-7-3-4-8-13-27/h5-6,10-11,16-18H,3-4,7-9,12-15,19H2,1-2H3. The van der Waals surface area contributed by atoms with Crippen LogP contribution in [-0.4, -0.2) is 34.1 Å². The SMILES string of the molecule is Cc1cc(C)cc(OCCCn2c(CN3CCCCCC3)nc3ccccc32)c1. The number of rotatable bonds is 7. The summed E-state index contributed by atoms with van der Waals surface area (Å²) in [5, 5.41) is 0. The summed E-state index contributed by atoms with van der Waals surface area (Å²) in [6.07, 6.45) is 6.32. The van der Waals surface area contributed by atoms with E-state index in [-0.39, 0.29) is 0 Å². The zero-order valence-corrected chi connectivity index (χ0v) is 17.9. The monoisotopic (exact) mass is 391 g/mol. The van der Waals surface area contributed by atoms with Crippen molar-refractivity contribution < 1.29 is 4.74 Å². The Morgan fingerprint density at radius 1 is 0.931 bits per heavy atom. The molecule has 3 aromatic rings. The van der Waals surface area contributed by atoms with Gasteiger partial charge < -0.3 is 9.30 Å². The Kier molecular flexibility index (Phi) is 6.50. The lowest BCUT2D eigenvalue weighted by Crippen LogP contribution is -2.26. The molecule has 0 unspecified atom stereocenters. The molecular weight excluding hydrogens is 358 g/mol. The molecule has 0 radical (unpaired) electrons. The summed E-state index contributed by atoms with van der Waals surface area (Å²) >= 11 is 0. The van der Waals surface area contributed by atoms with Gasteiger partial charge in [0.25, 0.3) is 0 Å². The van der Waals surface area contributed by atoms with Crippen molar-refractivity contribution in [3.05, 3.63) is 59.4 Å². The van der Waals surface area contributed by atoms with Crippen LogP contribution in [0.15, 0.2) is 42.5 Å². The lowest BCUT2D eigenvalue weighted by atomic mass is 10.1. The quantitative estimate of drug-likeness (QED) is 0.498. The summed E-state index contributed by atoms with van der Waals surface area (Å²) in [6.45, 7) is 9.23. The van der Waals surface area contributed by atoms with Crippen molar-refractivity contribution in [2.75, 3.05) is 19.7 Å². The van der Waals surface area contributed by atoms with Crippen molar-refractivity contribution in [1.82, 2.24) is 14.5 Å². The number of hydrogen-bond donors (Lipinski definition) is 0. The Morgan fingerprint density at radius 3 is 2.41 bits per heavy atom. The molecule has 1 aromatic heterocycles. The van der Waals surface area contributed by atoms with E-state index >= 15 is 0 Å². The van der Waals surface area contributed by atoms with Crippen LogP contribution in [0.1, 0.15) is 49.1 Å². The molecule has 0 amide bonds. The van der Waals surface area contributed by atoms with Gasteiger partial charge in [0.15, 0.2) is 0 Å². The summed E-state index contributed by atoms with van der Waals surface area (Å²) in [4.78, 5) is 7.56. The molecule has 1 fully saturated rings. The van der Waals surface area contributed by atoms with Gasteiger partial charge in [0.2, 0.25) is 0 Å². The van der Waals surface area contributed by atoms with E-state index < -0.39 is 0 Å². The minimum atomic E-state index is 0.721. The highest BCUT2D eigenvalue weighted by atomic mass is 16.5. The van der Waals surface area contributed by atoms with Gasteiger partial charge in [-0.3, -0.25) is 4.90 Å². The molecule has 29 heavy (non-hydrogen) atoms. The van der Waals surface area contributed by atoms with Crippen LogP contribution in [0.3, 0.4) is 0 Å². The van der Waals surface area contributed by atoms with E-state index in [1.54, 1.807) is 0 Å². The first kappa shape index (κ1) is 20.0. The van der Waals surface area contributed by atoms with Gasteiger partial charge >= 0.3 is 0 Å². The maximum atomic E-state index is 6.04. The Morgan fingerprint density at radius 2 is 1.66 bits per heavy atom. The highest BCUT2D eigenvalue weighted by Crippen LogP contribution is 2.20. The summed E-state index contributed by atoms with van der Waals surface area (Å²) in [6, 6.07) is 14.9. The van der Waals surface area contributed by atoms with E-state index in [1.165, 1.54) is 61.2 Å². The van der Waals surface area contributed by atoms with Gasteiger partial charge in [0.05, 0.1) is 24.2 Å². The number of benzene rings is 2. The van der Waals surface area contributed by atoms with Crippen molar-refractivity contribution >= 4 is 11.0 Å². The second-order valence-electron chi connectivity index (χ2n) is 8.38. The average molecular weight is 392 g/mol. The summed E-state index contributed by atoms with van der Waals surface area (Å²) < 4.78 is 8.45. The zero-order valence-electron chi connectivity index (χ0n) is 17.9. The molecule has 0 aliphatic carbocycles. The molecule has 4 rings (SSSR count). The van der Waals surface area contributed by atoms with Crippen LogP contribution in [0.4, 0.5) is 0 Å². The van der Waals surface area contributed by atoms with Crippen molar-refractivity contribution in [3.8, 4) is 5.75 Å². The van der Waals surface area contributed by atoms with Crippen molar-refractivity contribution in [2.45, 2.75) is 59.0 Å². The number of nitrogens with zero attached hydrogens (tertiary/aromatic N) is 3. The number of likely N-dealkylation sites (tertiary alicyclic amines) is 1. The van der Waals surface area contributed by atoms with E-state index in [1.807, 2.05) is 0 Å². The second kappa shape index (κ2) is 9.45. The van der Waals surface area contributed by atoms with Crippen molar-refractivity contribution in [1.29, 1.82) is 0 Å². The molecule has 0 spiro atoms. The molecule has 0 saturated carbocycles. The summed E-state index contributed by atoms with van der Waals surface area (Å²) in [5.74, 6) is 2.17. The van der Waals surface area contributed by atoms with Gasteiger partial charge in [0.1, 0.15) is 11.6 Å². The van der Waals surface area contributed by atoms with E-state index in [2.05, 4.69) is 65.8 Å². The van der Waals surface area contributed by atoms with Crippen LogP contribution >= 0.6 is 0 Å². The molecule has 1 saturated heterocycles. The minimum absolute atomic E-state index is 0.721. The Hall–Kier alpha value is -2.33. The molecule has 4 nitrogen and oxygen atoms in total. The molecule has 4 heteroatoms. The van der Waals surface area contributed by atoms with Gasteiger partial charge in [-0.25, -0.2) is 4.98 Å². The maximum absolute atomic E-state index is 6.04. The van der Waals surface area contributed by atoms with Crippen LogP contribution < -0.4 is 4.74 Å². The number of hydrogen-bond acceptors (Lipinski definition) is 3. The van der Waals surface area contributed by atoms with Crippen molar-refractivity contribution in [2.24, 2.45) is 0 Å². The van der Waals surface area contributed by atoms with Crippen LogP contribution in [0.2, 0.25) is 0 Å². The van der Waals surface area contributed by atoms with E-state index in [0.717, 1.165) is 37.4 Å². The number of aryl methyl sites for hydroxylation is 3. The van der Waals surface area contributed by atoms with Crippen LogP contribution in [0, 0.1) is 13.8 Å². The fourth-order valence-corrected chi connectivity index (χ4v) is 4.42. The largest absolute Gasteiger partial charge is 0.494 e. The topological polar surface area (TPSA) is 30.3 Å². The second-order valence-corrected chi connectivity index (χ2v) is 8.38. The molecular formula is C25H33N3O. The number of ether oxygens (including phenoxy) is 1. The van der Waals surface area contributed by atoms with Crippen molar-refractivity contribution in [3.63, 3.8) is 0 Å². The van der Waals surface area contributed by atoms with Gasteiger partial charge in [0, 0.05) is 6.54 Å². The fraction of sp³-hybridized carbons (Fsp3) is 0.480. The first-order valence-electron chi connectivity index (χ1n) is 11.1. The first-order valence-corrected chi connectivity index (χ1v) is 11.1. The number of imidazole rings is 1. The first-order chi connectivity index (χ1) is 14.2. The highest BCUT2D eigenvalue weighted by molar-refractivity contribution is 5.75. The fourth-order valence-electron chi connectivity index (χ4n) is 4.42. The smallest absolute Gasteiger partial charge is 0.124 e. The van der Waals surface area contributed by atoms with Gasteiger partial charge in [-0.05, 0) is 81.6 Å². The predicted molar refractivity (Wildman–Crippen MR) is 120 cm³/mol. The maximum Gasteiger partial charge on any atom is 0.124 e. The molecule has 2 heterocycles.